The van der Waals surface area contributed by atoms with Crippen molar-refractivity contribution in [2.75, 3.05) is 20.2 Å². The van der Waals surface area contributed by atoms with Crippen LogP contribution in [0.3, 0.4) is 0 Å². The minimum atomic E-state index is -4.47. The van der Waals surface area contributed by atoms with Gasteiger partial charge in [-0.05, 0) is 57.5 Å². The Balaban J connectivity index is 2.06. The molecule has 42 heavy (non-hydrogen) atoms. The maximum absolute atomic E-state index is 13.4. The summed E-state index contributed by atoms with van der Waals surface area (Å²) in [6.07, 6.45) is 0. The molecule has 0 unspecified atom stereocenters. The summed E-state index contributed by atoms with van der Waals surface area (Å²) in [6.45, 7) is 7.01. The molecule has 0 aliphatic heterocycles. The van der Waals surface area contributed by atoms with Crippen molar-refractivity contribution in [2.45, 2.75) is 44.7 Å². The van der Waals surface area contributed by atoms with Crippen LogP contribution in [0.25, 0.3) is 0 Å². The van der Waals surface area contributed by atoms with E-state index >= 15 is 0 Å². The molecular weight excluding hydrogens is 569 g/mol. The van der Waals surface area contributed by atoms with E-state index in [1.807, 2.05) is 0 Å². The molecule has 3 amide bonds. The van der Waals surface area contributed by atoms with Crippen LogP contribution in [-0.4, -0.2) is 61.2 Å². The van der Waals surface area contributed by atoms with E-state index in [1.165, 1.54) is 74.4 Å². The first kappa shape index (κ1) is 31.9. The van der Waals surface area contributed by atoms with Gasteiger partial charge in [0.1, 0.15) is 10.7 Å². The number of hydrogen-bond acceptors (Lipinski definition) is 9. The number of hydrogen-bond donors (Lipinski definition) is 2. The molecule has 14 heteroatoms. The van der Waals surface area contributed by atoms with Crippen LogP contribution in [0.15, 0.2) is 59.5 Å². The normalized spacial score (nSPS) is 11.4. The van der Waals surface area contributed by atoms with Gasteiger partial charge in [-0.2, -0.15) is 13.4 Å². The summed E-state index contributed by atoms with van der Waals surface area (Å²) in [7, 11) is -3.29. The van der Waals surface area contributed by atoms with Gasteiger partial charge < -0.3 is 24.5 Å². The lowest BCUT2D eigenvalue weighted by molar-refractivity contribution is -0.146. The Labute approximate surface area is 243 Å². The van der Waals surface area contributed by atoms with E-state index < -0.39 is 56.5 Å². The van der Waals surface area contributed by atoms with Gasteiger partial charge in [-0.25, -0.2) is 9.37 Å². The van der Waals surface area contributed by atoms with Crippen LogP contribution >= 0.6 is 0 Å². The highest BCUT2D eigenvalue weighted by Crippen LogP contribution is 2.33. The van der Waals surface area contributed by atoms with E-state index in [2.05, 4.69) is 20.6 Å². The van der Waals surface area contributed by atoms with Gasteiger partial charge in [-0.15, -0.1) is 0 Å². The van der Waals surface area contributed by atoms with Crippen molar-refractivity contribution >= 4 is 27.8 Å². The Kier molecular flexibility index (Phi) is 10.2. The van der Waals surface area contributed by atoms with Crippen molar-refractivity contribution in [3.8, 4) is 11.6 Å². The average molecular weight is 602 g/mol. The lowest BCUT2D eigenvalue weighted by Gasteiger charge is -2.27. The molecule has 0 radical (unpaired) electrons. The Morgan fingerprint density at radius 3 is 2.17 bits per heavy atom. The third-order valence-corrected chi connectivity index (χ3v) is 7.30. The van der Waals surface area contributed by atoms with E-state index in [0.717, 1.165) is 0 Å². The predicted octanol–water partition coefficient (Wildman–Crippen LogP) is 2.54. The second-order valence-corrected chi connectivity index (χ2v) is 11.0. The summed E-state index contributed by atoms with van der Waals surface area (Å²) in [5.41, 5.74) is -1.40. The molecule has 12 nitrogen and oxygen atoms in total. The van der Waals surface area contributed by atoms with E-state index in [-0.39, 0.29) is 17.3 Å². The summed E-state index contributed by atoms with van der Waals surface area (Å²) >= 11 is 0. The zero-order valence-corrected chi connectivity index (χ0v) is 24.6. The van der Waals surface area contributed by atoms with Crippen LogP contribution in [0.5, 0.6) is 11.6 Å². The number of carbonyl (C=O) groups excluding carboxylic acids is 3. The predicted molar refractivity (Wildman–Crippen MR) is 150 cm³/mol. The van der Waals surface area contributed by atoms with E-state index in [0.29, 0.717) is 18.7 Å². The minimum Gasteiger partial charge on any atom is -0.478 e. The van der Waals surface area contributed by atoms with Crippen LogP contribution in [0, 0.1) is 5.82 Å². The fraction of sp³-hybridized carbons (Fsp3) is 0.321. The highest BCUT2D eigenvalue weighted by Gasteiger charge is 2.35. The minimum absolute atomic E-state index is 0.0653. The zero-order chi connectivity index (χ0) is 31.1. The molecule has 3 rings (SSSR count). The summed E-state index contributed by atoms with van der Waals surface area (Å²) in [4.78, 5) is 48.4. The number of nitrogens with zero attached hydrogens (tertiary/aromatic N) is 3. The number of aromatic nitrogens is 2. The zero-order valence-electron chi connectivity index (χ0n) is 23.8. The third kappa shape index (κ3) is 7.57. The van der Waals surface area contributed by atoms with Gasteiger partial charge in [0, 0.05) is 19.6 Å². The molecule has 3 aromatic rings. The van der Waals surface area contributed by atoms with Crippen molar-refractivity contribution in [2.24, 2.45) is 0 Å². The fourth-order valence-corrected chi connectivity index (χ4v) is 4.69. The smallest absolute Gasteiger partial charge is 0.339 e. The number of carbonyl (C=O) groups is 3. The standard InChI is InChI=1S/C28H32FN5O7S/c1-6-34(7-2)26(37)24(36)33-28(3,4)27-31-21(23(35)30-17-18-13-15-19(29)16-14-18)22(25(32-27)40-5)41-42(38,39)20-11-9-8-10-12-20/h8-16H,6-7,17H2,1-5H3,(H,30,35)(H,33,36). The van der Waals surface area contributed by atoms with Crippen molar-refractivity contribution in [3.63, 3.8) is 0 Å². The Morgan fingerprint density at radius 2 is 1.60 bits per heavy atom. The molecule has 0 saturated carbocycles. The summed E-state index contributed by atoms with van der Waals surface area (Å²) < 4.78 is 50.1. The van der Waals surface area contributed by atoms with Crippen molar-refractivity contribution in [1.29, 1.82) is 0 Å². The molecule has 2 aromatic carbocycles. The largest absolute Gasteiger partial charge is 0.478 e. The molecule has 224 valence electrons. The lowest BCUT2D eigenvalue weighted by Crippen LogP contribution is -2.50. The lowest BCUT2D eigenvalue weighted by atomic mass is 10.0. The van der Waals surface area contributed by atoms with Crippen molar-refractivity contribution < 1.29 is 36.1 Å². The number of rotatable bonds is 11. The second-order valence-electron chi connectivity index (χ2n) is 9.45. The summed E-state index contributed by atoms with van der Waals surface area (Å²) in [6, 6.07) is 12.6. The van der Waals surface area contributed by atoms with Crippen molar-refractivity contribution in [1.82, 2.24) is 25.5 Å². The average Bonchev–Trinajstić information content (AvgIpc) is 2.97. The highest BCUT2D eigenvalue weighted by molar-refractivity contribution is 7.87. The number of likely N-dealkylation sites (N-methyl/N-ethyl adjacent to an activating group) is 1. The van der Waals surface area contributed by atoms with E-state index in [1.54, 1.807) is 19.9 Å². The van der Waals surface area contributed by atoms with Crippen LogP contribution in [-0.2, 0) is 31.8 Å². The first-order chi connectivity index (χ1) is 19.8. The topological polar surface area (TPSA) is 157 Å². The van der Waals surface area contributed by atoms with Gasteiger partial charge in [0.2, 0.25) is 5.75 Å². The van der Waals surface area contributed by atoms with Gasteiger partial charge in [-0.3, -0.25) is 14.4 Å². The molecule has 1 heterocycles. The number of halogens is 1. The molecule has 0 fully saturated rings. The highest BCUT2D eigenvalue weighted by atomic mass is 32.2. The van der Waals surface area contributed by atoms with Gasteiger partial charge >= 0.3 is 21.9 Å². The summed E-state index contributed by atoms with van der Waals surface area (Å²) in [5.74, 6) is -4.21. The van der Waals surface area contributed by atoms with Crippen LogP contribution < -0.4 is 19.6 Å². The van der Waals surface area contributed by atoms with Gasteiger partial charge in [0.15, 0.2) is 11.5 Å². The molecule has 0 bridgehead atoms. The summed E-state index contributed by atoms with van der Waals surface area (Å²) in [5, 5.41) is 5.15. The SMILES string of the molecule is CCN(CC)C(=O)C(=O)NC(C)(C)c1nc(OC)c(OS(=O)(=O)c2ccccc2)c(C(=O)NCc2ccc(F)cc2)n1. The molecule has 0 spiro atoms. The van der Waals surface area contributed by atoms with Crippen LogP contribution in [0.2, 0.25) is 0 Å². The number of amides is 3. The maximum atomic E-state index is 13.4. The van der Waals surface area contributed by atoms with E-state index in [4.69, 9.17) is 8.92 Å². The Morgan fingerprint density at radius 1 is 0.976 bits per heavy atom. The fourth-order valence-electron chi connectivity index (χ4n) is 3.74. The first-order valence-corrected chi connectivity index (χ1v) is 14.3. The number of benzene rings is 2. The molecule has 0 saturated heterocycles. The Hall–Kier alpha value is -4.59. The van der Waals surface area contributed by atoms with Gasteiger partial charge in [0.25, 0.3) is 11.8 Å². The maximum Gasteiger partial charge on any atom is 0.339 e. The Bertz CT molecular complexity index is 1540. The number of nitrogens with one attached hydrogen (secondary N) is 2. The third-order valence-electron chi connectivity index (χ3n) is 6.06. The quantitative estimate of drug-likeness (QED) is 0.249. The number of ether oxygens (including phenoxy) is 1. The molecular formula is C28H32FN5O7S. The molecule has 0 atom stereocenters. The monoisotopic (exact) mass is 601 g/mol. The number of methoxy groups -OCH3 is 1. The molecule has 0 aliphatic carbocycles. The molecule has 2 N–H and O–H groups in total. The van der Waals surface area contributed by atoms with E-state index in [9.17, 15) is 27.2 Å². The van der Waals surface area contributed by atoms with Crippen LogP contribution in [0.4, 0.5) is 4.39 Å². The molecule has 0 aliphatic rings. The second kappa shape index (κ2) is 13.4. The molecule has 1 aromatic heterocycles. The first-order valence-electron chi connectivity index (χ1n) is 12.9. The van der Waals surface area contributed by atoms with Crippen molar-refractivity contribution in [3.05, 3.63) is 77.5 Å². The van der Waals surface area contributed by atoms with Gasteiger partial charge in [-0.1, -0.05) is 30.3 Å². The van der Waals surface area contributed by atoms with Crippen LogP contribution in [0.1, 0.15) is 49.6 Å². The van der Waals surface area contributed by atoms with Gasteiger partial charge in [0.05, 0.1) is 12.6 Å².